The zero-order chi connectivity index (χ0) is 5.15. The molecule has 3 radical (unpaired) electrons. The fourth-order valence-corrected chi connectivity index (χ4v) is 0. The van der Waals surface area contributed by atoms with Crippen LogP contribution in [-0.2, 0) is 33.6 Å². The summed E-state index contributed by atoms with van der Waals surface area (Å²) in [4.78, 5) is 18.2. The molecule has 45 valence electrons. The first-order valence-corrected chi connectivity index (χ1v) is 1.11. The van der Waals surface area contributed by atoms with Gasteiger partial charge < -0.3 is 10.2 Å². The van der Waals surface area contributed by atoms with Crippen LogP contribution in [0, 0.1) is 0 Å². The van der Waals surface area contributed by atoms with E-state index in [9.17, 15) is 0 Å². The Kier molecular flexibility index (Phi) is 12.7. The summed E-state index contributed by atoms with van der Waals surface area (Å²) in [5.74, 6) is -3.65. The minimum absolute atomic E-state index is 0. The van der Waals surface area contributed by atoms with Crippen LogP contribution in [-0.4, -0.2) is 22.2 Å². The van der Waals surface area contributed by atoms with Gasteiger partial charge in [0, 0.05) is 24.0 Å². The Morgan fingerprint density at radius 1 is 1.00 bits per heavy atom. The maximum Gasteiger partial charge on any atom is 0.414 e. The SMILES string of the molecule is O=C(O)C(=O)O.[O].[V]. The Labute approximate surface area is 56.5 Å². The van der Waals surface area contributed by atoms with E-state index >= 15 is 0 Å². The van der Waals surface area contributed by atoms with Crippen LogP contribution in [0.2, 0.25) is 0 Å². The van der Waals surface area contributed by atoms with Gasteiger partial charge in [-0.1, -0.05) is 0 Å². The van der Waals surface area contributed by atoms with Crippen LogP contribution in [0.25, 0.3) is 0 Å². The van der Waals surface area contributed by atoms with Gasteiger partial charge in [0.25, 0.3) is 0 Å². The Balaban J connectivity index is -0.000000125. The molecule has 0 heterocycles. The van der Waals surface area contributed by atoms with Gasteiger partial charge in [-0.2, -0.15) is 0 Å². The van der Waals surface area contributed by atoms with Gasteiger partial charge in [0.05, 0.1) is 0 Å². The molecule has 0 saturated heterocycles. The summed E-state index contributed by atoms with van der Waals surface area (Å²) in [5, 5.41) is 14.8. The molecular formula is C2H2O5V. The first-order chi connectivity index (χ1) is 2.64. The van der Waals surface area contributed by atoms with Crippen LogP contribution in [0.1, 0.15) is 0 Å². The van der Waals surface area contributed by atoms with Crippen LogP contribution < -0.4 is 0 Å². The van der Waals surface area contributed by atoms with Crippen molar-refractivity contribution in [1.29, 1.82) is 0 Å². The average molecular weight is 157 g/mol. The van der Waals surface area contributed by atoms with Crippen molar-refractivity contribution in [3.05, 3.63) is 0 Å². The molecule has 0 unspecified atom stereocenters. The standard InChI is InChI=1S/C2H2O4.O.V/c3-1(4)2(5)6;;/h(H,3,4)(H,5,6);;. The normalized spacial score (nSPS) is 5.50. The van der Waals surface area contributed by atoms with Gasteiger partial charge in [-0.25, -0.2) is 9.59 Å². The molecule has 0 aromatic carbocycles. The van der Waals surface area contributed by atoms with E-state index in [0.29, 0.717) is 0 Å². The second kappa shape index (κ2) is 6.48. The van der Waals surface area contributed by atoms with Crippen molar-refractivity contribution in [2.75, 3.05) is 0 Å². The van der Waals surface area contributed by atoms with Crippen molar-refractivity contribution in [3.63, 3.8) is 0 Å². The Bertz CT molecular complexity index is 76.4. The molecule has 5 nitrogen and oxygen atoms in total. The molecule has 0 rings (SSSR count). The number of carboxylic acids is 2. The fourth-order valence-electron chi connectivity index (χ4n) is 0. The Morgan fingerprint density at radius 3 is 1.12 bits per heavy atom. The maximum atomic E-state index is 9.10. The summed E-state index contributed by atoms with van der Waals surface area (Å²) in [6.07, 6.45) is 0. The number of carboxylic acid groups (broad SMARTS) is 2. The van der Waals surface area contributed by atoms with E-state index in [1.54, 1.807) is 0 Å². The van der Waals surface area contributed by atoms with Crippen molar-refractivity contribution >= 4 is 11.9 Å². The molecule has 8 heavy (non-hydrogen) atoms. The molecule has 6 heteroatoms. The van der Waals surface area contributed by atoms with Crippen molar-refractivity contribution in [3.8, 4) is 0 Å². The molecule has 0 aliphatic rings. The molecule has 0 bridgehead atoms. The van der Waals surface area contributed by atoms with E-state index in [2.05, 4.69) is 0 Å². The molecule has 0 amide bonds. The van der Waals surface area contributed by atoms with Crippen LogP contribution in [0.4, 0.5) is 0 Å². The van der Waals surface area contributed by atoms with E-state index in [1.165, 1.54) is 0 Å². The number of rotatable bonds is 0. The van der Waals surface area contributed by atoms with Crippen molar-refractivity contribution < 1.29 is 43.8 Å². The van der Waals surface area contributed by atoms with Crippen LogP contribution in [0.3, 0.4) is 0 Å². The molecule has 0 saturated carbocycles. The second-order valence-corrected chi connectivity index (χ2v) is 0.610. The molecular weight excluding hydrogens is 155 g/mol. The number of aliphatic carboxylic acids is 2. The van der Waals surface area contributed by atoms with Crippen LogP contribution in [0.5, 0.6) is 0 Å². The predicted octanol–water partition coefficient (Wildman–Crippen LogP) is -0.966. The molecule has 0 atom stereocenters. The van der Waals surface area contributed by atoms with Crippen molar-refractivity contribution in [2.24, 2.45) is 0 Å². The summed E-state index contributed by atoms with van der Waals surface area (Å²) in [7, 11) is 0. The summed E-state index contributed by atoms with van der Waals surface area (Å²) >= 11 is 0. The molecule has 2 N–H and O–H groups in total. The van der Waals surface area contributed by atoms with Gasteiger partial charge >= 0.3 is 11.9 Å². The third-order valence-corrected chi connectivity index (χ3v) is 0.183. The largest absolute Gasteiger partial charge is 0.473 e. The average Bonchev–Trinajstić information content (AvgIpc) is 1.36. The summed E-state index contributed by atoms with van der Waals surface area (Å²) in [6, 6.07) is 0. The summed E-state index contributed by atoms with van der Waals surface area (Å²) in [5.41, 5.74) is 0. The third-order valence-electron chi connectivity index (χ3n) is 0.183. The zero-order valence-electron chi connectivity index (χ0n) is 3.57. The smallest absolute Gasteiger partial charge is 0.414 e. The van der Waals surface area contributed by atoms with E-state index in [4.69, 9.17) is 19.8 Å². The molecule has 0 spiro atoms. The van der Waals surface area contributed by atoms with Gasteiger partial charge in [0.2, 0.25) is 0 Å². The molecule has 0 aromatic rings. The van der Waals surface area contributed by atoms with Crippen LogP contribution >= 0.6 is 0 Å². The van der Waals surface area contributed by atoms with Crippen molar-refractivity contribution in [1.82, 2.24) is 0 Å². The quantitative estimate of drug-likeness (QED) is 0.441. The van der Waals surface area contributed by atoms with Crippen LogP contribution in [0.15, 0.2) is 0 Å². The predicted molar refractivity (Wildman–Crippen MR) is 16.0 cm³/mol. The summed E-state index contributed by atoms with van der Waals surface area (Å²) in [6.45, 7) is 0. The minimum atomic E-state index is -1.82. The third kappa shape index (κ3) is 9.08. The van der Waals surface area contributed by atoms with Gasteiger partial charge in [-0.15, -0.1) is 0 Å². The Morgan fingerprint density at radius 2 is 1.12 bits per heavy atom. The Hall–Kier alpha value is -0.516. The number of hydrogen-bond donors (Lipinski definition) is 2. The molecule has 0 aliphatic heterocycles. The van der Waals surface area contributed by atoms with Gasteiger partial charge in [0.15, 0.2) is 0 Å². The first kappa shape index (κ1) is 15.6. The molecule has 0 fully saturated rings. The topological polar surface area (TPSA) is 103 Å². The summed E-state index contributed by atoms with van der Waals surface area (Å²) < 4.78 is 0. The van der Waals surface area contributed by atoms with Gasteiger partial charge in [-0.05, 0) is 0 Å². The van der Waals surface area contributed by atoms with E-state index in [-0.39, 0.29) is 24.0 Å². The minimum Gasteiger partial charge on any atom is -0.473 e. The number of carbonyl (C=O) groups is 2. The van der Waals surface area contributed by atoms with E-state index in [1.807, 2.05) is 0 Å². The molecule has 0 aliphatic carbocycles. The van der Waals surface area contributed by atoms with Gasteiger partial charge in [-0.3, -0.25) is 0 Å². The number of hydrogen-bond acceptors (Lipinski definition) is 2. The monoisotopic (exact) mass is 157 g/mol. The first-order valence-electron chi connectivity index (χ1n) is 1.11. The van der Waals surface area contributed by atoms with E-state index < -0.39 is 11.9 Å². The van der Waals surface area contributed by atoms with E-state index in [0.717, 1.165) is 0 Å². The maximum absolute atomic E-state index is 9.10. The fraction of sp³-hybridized carbons (Fsp3) is 0. The second-order valence-electron chi connectivity index (χ2n) is 0.610. The zero-order valence-corrected chi connectivity index (χ0v) is 4.96. The van der Waals surface area contributed by atoms with Crippen molar-refractivity contribution in [2.45, 2.75) is 0 Å². The molecule has 0 aromatic heterocycles. The van der Waals surface area contributed by atoms with Gasteiger partial charge in [0.1, 0.15) is 0 Å².